The number of H-pyrrole nitrogens is 1. The molecule has 0 aliphatic carbocycles. The number of hydrogen-bond donors (Lipinski definition) is 1. The van der Waals surface area contributed by atoms with Gasteiger partial charge in [0, 0.05) is 49.5 Å². The van der Waals surface area contributed by atoms with Crippen LogP contribution in [0.4, 0.5) is 0 Å². The molecule has 7 nitrogen and oxygen atoms in total. The second-order valence-electron chi connectivity index (χ2n) is 7.23. The van der Waals surface area contributed by atoms with Crippen molar-refractivity contribution in [2.24, 2.45) is 7.05 Å². The van der Waals surface area contributed by atoms with E-state index < -0.39 is 0 Å². The number of pyridine rings is 1. The fraction of sp³-hybridized carbons (Fsp3) is 0.476. The molecule has 2 saturated heterocycles. The minimum atomic E-state index is 0.00116. The van der Waals surface area contributed by atoms with Gasteiger partial charge in [-0.1, -0.05) is 13.8 Å². The van der Waals surface area contributed by atoms with Crippen molar-refractivity contribution < 1.29 is 9.53 Å². The minimum Gasteiger partial charge on any atom is -0.381 e. The van der Waals surface area contributed by atoms with Crippen molar-refractivity contribution in [2.75, 3.05) is 19.8 Å². The quantitative estimate of drug-likeness (QED) is 0.738. The highest BCUT2D eigenvalue weighted by Crippen LogP contribution is 2.40. The summed E-state index contributed by atoms with van der Waals surface area (Å²) in [5.41, 5.74) is 3.29. The minimum absolute atomic E-state index is 0.00116. The highest BCUT2D eigenvalue weighted by Gasteiger charge is 2.48. The van der Waals surface area contributed by atoms with E-state index in [2.05, 4.69) is 10.2 Å². The lowest BCUT2D eigenvalue weighted by molar-refractivity contribution is -0.0699. The number of likely N-dealkylation sites (tertiary alicyclic amines) is 1. The third-order valence-corrected chi connectivity index (χ3v) is 5.93. The van der Waals surface area contributed by atoms with Gasteiger partial charge in [-0.25, -0.2) is 4.98 Å². The molecule has 5 heterocycles. The second kappa shape index (κ2) is 7.39. The van der Waals surface area contributed by atoms with Gasteiger partial charge in [-0.15, -0.1) is 0 Å². The highest BCUT2D eigenvalue weighted by atomic mass is 16.5. The van der Waals surface area contributed by atoms with Crippen molar-refractivity contribution >= 4 is 16.9 Å². The maximum atomic E-state index is 13.2. The molecular weight excluding hydrogens is 354 g/mol. The van der Waals surface area contributed by atoms with Crippen LogP contribution in [0.15, 0.2) is 30.6 Å². The van der Waals surface area contributed by atoms with E-state index in [-0.39, 0.29) is 11.4 Å². The maximum absolute atomic E-state index is 13.2. The molecule has 1 amide bonds. The lowest BCUT2D eigenvalue weighted by Gasteiger charge is -2.54. The summed E-state index contributed by atoms with van der Waals surface area (Å²) in [5.74, 6) is 0.100. The van der Waals surface area contributed by atoms with E-state index in [0.717, 1.165) is 61.3 Å². The maximum Gasteiger partial charge on any atom is 0.271 e. The number of nitrogens with zero attached hydrogens (tertiary/aromatic N) is 4. The number of aryl methyl sites for hydroxylation is 1. The Morgan fingerprint density at radius 2 is 2.00 bits per heavy atom. The predicted octanol–water partition coefficient (Wildman–Crippen LogP) is 3.38. The van der Waals surface area contributed by atoms with Crippen LogP contribution in [0.2, 0.25) is 0 Å². The molecule has 0 saturated carbocycles. The van der Waals surface area contributed by atoms with Gasteiger partial charge in [0.1, 0.15) is 11.3 Å². The molecule has 2 fully saturated rings. The Morgan fingerprint density at radius 1 is 1.21 bits per heavy atom. The molecule has 2 aliphatic rings. The Hall–Kier alpha value is -2.67. The summed E-state index contributed by atoms with van der Waals surface area (Å²) in [6, 6.07) is 5.93. The SMILES string of the molecule is CC.Cn1c(C(=O)N2CCC23CCOCC3)cc2ccc(-c3cn[nH]c3)nc21. The van der Waals surface area contributed by atoms with Gasteiger partial charge >= 0.3 is 0 Å². The summed E-state index contributed by atoms with van der Waals surface area (Å²) in [6.07, 6.45) is 6.52. The standard InChI is InChI=1S/C19H21N5O2.C2H6/c1-23-16(18(25)24-7-4-19(24)5-8-26-9-6-19)10-13-2-3-15(22-17(13)23)14-11-20-21-12-14;1-2/h2-3,10-12H,4-9H2,1H3,(H,20,21);1-2H3. The number of carbonyl (C=O) groups excluding carboxylic acids is 1. The smallest absolute Gasteiger partial charge is 0.271 e. The average Bonchev–Trinajstić information content (AvgIpc) is 3.38. The van der Waals surface area contributed by atoms with Crippen molar-refractivity contribution in [1.82, 2.24) is 24.6 Å². The van der Waals surface area contributed by atoms with Crippen molar-refractivity contribution in [1.29, 1.82) is 0 Å². The third kappa shape index (κ3) is 2.90. The molecule has 0 unspecified atom stereocenters. The van der Waals surface area contributed by atoms with Crippen LogP contribution in [0.25, 0.3) is 22.3 Å². The van der Waals surface area contributed by atoms with Gasteiger partial charge in [0.15, 0.2) is 0 Å². The summed E-state index contributed by atoms with van der Waals surface area (Å²) in [7, 11) is 1.91. The second-order valence-corrected chi connectivity index (χ2v) is 7.23. The number of fused-ring (bicyclic) bond motifs is 1. The summed E-state index contributed by atoms with van der Waals surface area (Å²) in [4.78, 5) is 20.0. The van der Waals surface area contributed by atoms with Gasteiger partial charge in [0.25, 0.3) is 5.91 Å². The molecule has 1 N–H and O–H groups in total. The zero-order chi connectivity index (χ0) is 19.7. The molecule has 28 heavy (non-hydrogen) atoms. The number of nitrogens with one attached hydrogen (secondary N) is 1. The lowest BCUT2D eigenvalue weighted by atomic mass is 9.77. The van der Waals surface area contributed by atoms with Gasteiger partial charge in [0.2, 0.25) is 0 Å². The van der Waals surface area contributed by atoms with Crippen LogP contribution in [-0.2, 0) is 11.8 Å². The van der Waals surface area contributed by atoms with E-state index in [1.54, 1.807) is 6.20 Å². The van der Waals surface area contributed by atoms with E-state index in [9.17, 15) is 4.79 Å². The molecule has 3 aromatic rings. The predicted molar refractivity (Wildman–Crippen MR) is 108 cm³/mol. The summed E-state index contributed by atoms with van der Waals surface area (Å²) < 4.78 is 7.40. The van der Waals surface area contributed by atoms with Crippen LogP contribution in [0.1, 0.15) is 43.6 Å². The molecule has 0 radical (unpaired) electrons. The first-order valence-electron chi connectivity index (χ1n) is 10.0. The molecule has 0 bridgehead atoms. The van der Waals surface area contributed by atoms with Gasteiger partial charge in [-0.3, -0.25) is 9.89 Å². The number of carbonyl (C=O) groups is 1. The number of ether oxygens (including phenoxy) is 1. The molecule has 2 aliphatic heterocycles. The first kappa shape index (κ1) is 18.7. The fourth-order valence-electron chi connectivity index (χ4n) is 4.22. The zero-order valence-corrected chi connectivity index (χ0v) is 16.7. The number of aromatic amines is 1. The van der Waals surface area contributed by atoms with E-state index in [4.69, 9.17) is 9.72 Å². The van der Waals surface area contributed by atoms with Gasteiger partial charge in [-0.2, -0.15) is 5.10 Å². The van der Waals surface area contributed by atoms with E-state index in [1.165, 1.54) is 0 Å². The zero-order valence-electron chi connectivity index (χ0n) is 16.7. The monoisotopic (exact) mass is 381 g/mol. The van der Waals surface area contributed by atoms with Crippen molar-refractivity contribution in [3.8, 4) is 11.3 Å². The van der Waals surface area contributed by atoms with Crippen LogP contribution in [0, 0.1) is 0 Å². The first-order chi connectivity index (χ1) is 13.7. The molecule has 148 valence electrons. The highest BCUT2D eigenvalue weighted by molar-refractivity contribution is 5.99. The lowest BCUT2D eigenvalue weighted by Crippen LogP contribution is -2.64. The number of rotatable bonds is 2. The van der Waals surface area contributed by atoms with Crippen LogP contribution >= 0.6 is 0 Å². The van der Waals surface area contributed by atoms with Crippen molar-refractivity contribution in [2.45, 2.75) is 38.6 Å². The molecule has 0 atom stereocenters. The molecule has 1 spiro atoms. The van der Waals surface area contributed by atoms with E-state index in [0.29, 0.717) is 5.69 Å². The van der Waals surface area contributed by atoms with Crippen LogP contribution in [0.5, 0.6) is 0 Å². The van der Waals surface area contributed by atoms with Gasteiger partial charge in [-0.05, 0) is 37.5 Å². The molecule has 0 aromatic carbocycles. The topological polar surface area (TPSA) is 76.0 Å². The third-order valence-electron chi connectivity index (χ3n) is 5.93. The first-order valence-corrected chi connectivity index (χ1v) is 10.0. The molecule has 5 rings (SSSR count). The van der Waals surface area contributed by atoms with Crippen LogP contribution in [0.3, 0.4) is 0 Å². The molecule has 3 aromatic heterocycles. The largest absolute Gasteiger partial charge is 0.381 e. The fourth-order valence-corrected chi connectivity index (χ4v) is 4.22. The van der Waals surface area contributed by atoms with E-state index >= 15 is 0 Å². The Balaban J connectivity index is 0.000000932. The number of hydrogen-bond acceptors (Lipinski definition) is 4. The Labute approximate surface area is 164 Å². The molecule has 7 heteroatoms. The van der Waals surface area contributed by atoms with Crippen LogP contribution < -0.4 is 0 Å². The summed E-state index contributed by atoms with van der Waals surface area (Å²) >= 11 is 0. The summed E-state index contributed by atoms with van der Waals surface area (Å²) in [5, 5.41) is 7.77. The Bertz CT molecular complexity index is 970. The number of amides is 1. The Morgan fingerprint density at radius 3 is 2.64 bits per heavy atom. The normalized spacial score (nSPS) is 17.9. The van der Waals surface area contributed by atoms with Crippen molar-refractivity contribution in [3.05, 3.63) is 36.3 Å². The van der Waals surface area contributed by atoms with E-state index in [1.807, 2.05) is 54.8 Å². The number of aromatic nitrogens is 4. The molecular formula is C21H27N5O2. The van der Waals surface area contributed by atoms with Gasteiger partial charge in [0.05, 0.1) is 11.9 Å². The Kier molecular flexibility index (Phi) is 4.93. The average molecular weight is 381 g/mol. The van der Waals surface area contributed by atoms with Gasteiger partial charge < -0.3 is 14.2 Å². The van der Waals surface area contributed by atoms with Crippen LogP contribution in [-0.4, -0.2) is 55.9 Å². The van der Waals surface area contributed by atoms with Crippen molar-refractivity contribution in [3.63, 3.8) is 0 Å². The summed E-state index contributed by atoms with van der Waals surface area (Å²) in [6.45, 7) is 6.32.